The molecule has 160 valence electrons. The van der Waals surface area contributed by atoms with Crippen LogP contribution >= 0.6 is 23.0 Å². The van der Waals surface area contributed by atoms with Crippen molar-refractivity contribution in [1.82, 2.24) is 15.5 Å². The number of esters is 1. The number of rotatable bonds is 14. The zero-order valence-electron chi connectivity index (χ0n) is 17.3. The van der Waals surface area contributed by atoms with E-state index >= 15 is 0 Å². The summed E-state index contributed by atoms with van der Waals surface area (Å²) in [5.74, 6) is -0.467. The van der Waals surface area contributed by atoms with Gasteiger partial charge in [0.2, 0.25) is 0 Å². The molecule has 0 radical (unpaired) electrons. The summed E-state index contributed by atoms with van der Waals surface area (Å²) in [5.41, 5.74) is 0.324. The van der Waals surface area contributed by atoms with E-state index in [1.165, 1.54) is 10.1 Å². The number of nitrogens with zero attached hydrogens (tertiary/aromatic N) is 5. The lowest BCUT2D eigenvalue weighted by atomic mass is 10.4. The molecule has 12 nitrogen and oxygen atoms in total. The highest BCUT2D eigenvalue weighted by molar-refractivity contribution is 14.1. The van der Waals surface area contributed by atoms with Gasteiger partial charge in [-0.1, -0.05) is 9.75 Å². The lowest BCUT2D eigenvalue weighted by molar-refractivity contribution is -1.48. The van der Waals surface area contributed by atoms with Gasteiger partial charge >= 0.3 is 5.97 Å². The van der Waals surface area contributed by atoms with Crippen LogP contribution in [0.2, 0.25) is 0 Å². The van der Waals surface area contributed by atoms with E-state index < -0.39 is 10.9 Å². The van der Waals surface area contributed by atoms with Crippen molar-refractivity contribution in [2.24, 2.45) is 0 Å². The largest absolute Gasteiger partial charge is 0.462 e. The van der Waals surface area contributed by atoms with E-state index in [1.807, 2.05) is 0 Å². The van der Waals surface area contributed by atoms with Crippen LogP contribution in [0.5, 0.6) is 0 Å². The van der Waals surface area contributed by atoms with E-state index in [1.54, 1.807) is 79.3 Å². The predicted octanol–water partition coefficient (Wildman–Crippen LogP) is 1.11. The van der Waals surface area contributed by atoms with Gasteiger partial charge < -0.3 is 4.74 Å². The molecule has 0 amide bonds. The fourth-order valence-corrected chi connectivity index (χ4v) is 1.83. The number of halogens is 1. The molecule has 0 N–H and O–H groups in total. The van der Waals surface area contributed by atoms with Gasteiger partial charge in [-0.15, -0.1) is 4.65 Å². The molecule has 0 heterocycles. The Kier molecular flexibility index (Phi) is 12.0. The molecule has 0 aliphatic heterocycles. The Morgan fingerprint density at radius 3 is 1.96 bits per heavy atom. The molecule has 0 aromatic rings. The maximum atomic E-state index is 11.5. The van der Waals surface area contributed by atoms with Crippen LogP contribution in [-0.2, 0) is 32.5 Å². The molecule has 0 fully saturated rings. The molecule has 0 bridgehead atoms. The van der Waals surface area contributed by atoms with Crippen molar-refractivity contribution in [3.63, 3.8) is 0 Å². The zero-order chi connectivity index (χ0) is 21.3. The van der Waals surface area contributed by atoms with Gasteiger partial charge in [0.25, 0.3) is 0 Å². The fraction of sp³-hybridized carbons (Fsp3) is 0.786. The maximum Gasteiger partial charge on any atom is 0.333 e. The van der Waals surface area contributed by atoms with E-state index in [4.69, 9.17) is 27.7 Å². The van der Waals surface area contributed by atoms with Crippen molar-refractivity contribution < 1.29 is 42.1 Å². The topological polar surface area (TPSA) is 82.2 Å². The van der Waals surface area contributed by atoms with Gasteiger partial charge in [0.15, 0.2) is 39.9 Å². The van der Waals surface area contributed by atoms with E-state index in [9.17, 15) is 4.79 Å². The molecular weight excluding hydrogens is 477 g/mol. The Hall–Kier alpha value is -0.460. The second kappa shape index (κ2) is 12.2. The summed E-state index contributed by atoms with van der Waals surface area (Å²) in [4.78, 5) is 32.8. The molecule has 0 rings (SSSR count). The third kappa shape index (κ3) is 12.6. The van der Waals surface area contributed by atoms with Gasteiger partial charge in [0.05, 0.1) is 11.5 Å². The minimum atomic E-state index is -0.795. The van der Waals surface area contributed by atoms with Gasteiger partial charge in [-0.25, -0.2) is 4.79 Å². The van der Waals surface area contributed by atoms with Crippen LogP contribution in [0.3, 0.4) is 0 Å². The highest BCUT2D eigenvalue weighted by Crippen LogP contribution is 2.22. The van der Waals surface area contributed by atoms with E-state index in [-0.39, 0.29) is 17.8 Å². The van der Waals surface area contributed by atoms with E-state index in [2.05, 4.69) is 6.58 Å². The standard InChI is InChI=1S/C14H32IN5O7/c1-13(2)14(21)22-12-10-11-20(23-15,27-19(7,8)9)26-18(24-16(3)4)25-17(5)6/h1,10-12H2,2-9H3/q+2. The Morgan fingerprint density at radius 2 is 1.59 bits per heavy atom. The molecule has 1 unspecified atom stereocenters. The summed E-state index contributed by atoms with van der Waals surface area (Å²) in [6.45, 7) is 5.38. The molecular formula is C14H32IN5O7+2. The number of carbonyl (C=O) groups is 1. The van der Waals surface area contributed by atoms with Crippen LogP contribution in [0.4, 0.5) is 0 Å². The predicted molar refractivity (Wildman–Crippen MR) is 102 cm³/mol. The van der Waals surface area contributed by atoms with Crippen LogP contribution < -0.4 is 0 Å². The minimum Gasteiger partial charge on any atom is -0.462 e. The average Bonchev–Trinajstić information content (AvgIpc) is 2.48. The average molecular weight is 509 g/mol. The highest BCUT2D eigenvalue weighted by atomic mass is 127. The van der Waals surface area contributed by atoms with Crippen molar-refractivity contribution in [3.8, 4) is 0 Å². The lowest BCUT2D eigenvalue weighted by Gasteiger charge is -2.32. The SMILES string of the molecule is C=C(C)C(=O)OCCC[N+](OI)(ON(ON(C)C)ON(C)C)O[N+](C)(C)C. The molecule has 27 heavy (non-hydrogen) atoms. The Morgan fingerprint density at radius 1 is 1.07 bits per heavy atom. The van der Waals surface area contributed by atoms with Gasteiger partial charge in [-0.2, -0.15) is 20.0 Å². The van der Waals surface area contributed by atoms with Gasteiger partial charge in [0, 0.05) is 45.1 Å². The molecule has 0 spiro atoms. The van der Waals surface area contributed by atoms with Crippen LogP contribution in [-0.4, -0.2) is 93.6 Å². The summed E-state index contributed by atoms with van der Waals surface area (Å²) in [6.07, 6.45) is 0.361. The van der Waals surface area contributed by atoms with E-state index in [0.29, 0.717) is 12.0 Å². The quantitative estimate of drug-likeness (QED) is 0.0849. The second-order valence-corrected chi connectivity index (χ2v) is 7.13. The fourth-order valence-electron chi connectivity index (χ4n) is 1.49. The highest BCUT2D eigenvalue weighted by Gasteiger charge is 2.47. The third-order valence-electron chi connectivity index (χ3n) is 2.28. The Bertz CT molecular complexity index is 465. The summed E-state index contributed by atoms with van der Waals surface area (Å²) in [5, 5.41) is 3.44. The van der Waals surface area contributed by atoms with E-state index in [0.717, 1.165) is 5.39 Å². The number of hydroxylamine groups is 10. The number of quaternary nitrogens is 2. The first-order valence-corrected chi connectivity index (χ1v) is 8.93. The first-order valence-electron chi connectivity index (χ1n) is 8.04. The van der Waals surface area contributed by atoms with Crippen molar-refractivity contribution in [2.75, 3.05) is 62.5 Å². The summed E-state index contributed by atoms with van der Waals surface area (Å²) < 4.78 is 10.5. The Balaban J connectivity index is 5.19. The first-order chi connectivity index (χ1) is 12.3. The van der Waals surface area contributed by atoms with Crippen LogP contribution in [0, 0.1) is 0 Å². The number of hydrogen-bond acceptors (Lipinski definition) is 10. The number of carbonyl (C=O) groups excluding carboxylic acids is 1. The zero-order valence-corrected chi connectivity index (χ0v) is 19.5. The first kappa shape index (κ1) is 26.5. The minimum absolute atomic E-state index is 0.0341. The van der Waals surface area contributed by atoms with Gasteiger partial charge in [-0.05, 0) is 6.92 Å². The van der Waals surface area contributed by atoms with Crippen molar-refractivity contribution in [1.29, 1.82) is 0 Å². The molecule has 0 aliphatic carbocycles. The third-order valence-corrected chi connectivity index (χ3v) is 2.88. The molecule has 0 aromatic carbocycles. The van der Waals surface area contributed by atoms with Crippen LogP contribution in [0.15, 0.2) is 12.2 Å². The summed E-state index contributed by atoms with van der Waals surface area (Å²) in [7, 11) is 11.9. The molecule has 1 atom stereocenters. The normalized spacial score (nSPS) is 14.7. The molecule has 0 aromatic heterocycles. The van der Waals surface area contributed by atoms with Crippen molar-refractivity contribution in [3.05, 3.63) is 12.2 Å². The molecule has 0 saturated heterocycles. The second-order valence-electron chi connectivity index (χ2n) is 6.74. The molecule has 0 saturated carbocycles. The number of hydrogen-bond donors (Lipinski definition) is 0. The number of ether oxygens (including phenoxy) is 1. The monoisotopic (exact) mass is 509 g/mol. The summed E-state index contributed by atoms with van der Waals surface area (Å²) >= 11 is 1.64. The van der Waals surface area contributed by atoms with Crippen molar-refractivity contribution in [2.45, 2.75) is 13.3 Å². The Labute approximate surface area is 174 Å². The molecule has 13 heteroatoms. The van der Waals surface area contributed by atoms with Gasteiger partial charge in [-0.3, -0.25) is 0 Å². The van der Waals surface area contributed by atoms with Crippen LogP contribution in [0.25, 0.3) is 0 Å². The van der Waals surface area contributed by atoms with Crippen molar-refractivity contribution >= 4 is 29.0 Å². The van der Waals surface area contributed by atoms with Gasteiger partial charge in [0.1, 0.15) is 21.1 Å². The summed E-state index contributed by atoms with van der Waals surface area (Å²) in [6, 6.07) is 0. The smallest absolute Gasteiger partial charge is 0.333 e. The van der Waals surface area contributed by atoms with Crippen LogP contribution in [0.1, 0.15) is 13.3 Å². The molecule has 0 aliphatic rings. The maximum absolute atomic E-state index is 11.5. The lowest BCUT2D eigenvalue weighted by Crippen LogP contribution is -2.58.